The molecule has 0 radical (unpaired) electrons. The molecule has 4 rings (SSSR count). The van der Waals surface area contributed by atoms with Crippen molar-refractivity contribution in [3.8, 4) is 17.1 Å². The van der Waals surface area contributed by atoms with Gasteiger partial charge in [-0.05, 0) is 30.6 Å². The Balaban J connectivity index is 1.67. The average molecular weight is 389 g/mol. The van der Waals surface area contributed by atoms with E-state index in [-0.39, 0.29) is 29.0 Å². The molecule has 0 unspecified atom stereocenters. The van der Waals surface area contributed by atoms with Crippen molar-refractivity contribution >= 4 is 27.2 Å². The molecular formula is C18H20FN5O2S. The number of thiophene rings is 1. The third kappa shape index (κ3) is 3.28. The molecule has 0 amide bonds. The molecule has 2 atom stereocenters. The lowest BCUT2D eigenvalue weighted by molar-refractivity contribution is 0.153. The first-order valence-corrected chi connectivity index (χ1v) is 9.54. The number of hydrogen-bond acceptors (Lipinski definition) is 7. The van der Waals surface area contributed by atoms with E-state index in [2.05, 4.69) is 15.5 Å². The van der Waals surface area contributed by atoms with Crippen molar-refractivity contribution in [1.82, 2.24) is 19.7 Å². The fourth-order valence-corrected chi connectivity index (χ4v) is 4.33. The lowest BCUT2D eigenvalue weighted by Crippen LogP contribution is -2.46. The Labute approximate surface area is 159 Å². The van der Waals surface area contributed by atoms with Crippen molar-refractivity contribution in [1.29, 1.82) is 0 Å². The van der Waals surface area contributed by atoms with Gasteiger partial charge in [0.2, 0.25) is 5.82 Å². The third-order valence-corrected chi connectivity index (χ3v) is 5.72. The van der Waals surface area contributed by atoms with Crippen molar-refractivity contribution in [3.63, 3.8) is 0 Å². The third-order valence-electron chi connectivity index (χ3n) is 4.84. The number of rotatable bonds is 3. The van der Waals surface area contributed by atoms with E-state index in [1.54, 1.807) is 13.1 Å². The minimum Gasteiger partial charge on any atom is -0.507 e. The summed E-state index contributed by atoms with van der Waals surface area (Å²) in [5.74, 6) is 0.443. The quantitative estimate of drug-likeness (QED) is 0.715. The summed E-state index contributed by atoms with van der Waals surface area (Å²) in [4.78, 5) is 14.6. The van der Waals surface area contributed by atoms with Gasteiger partial charge < -0.3 is 15.3 Å². The van der Waals surface area contributed by atoms with Crippen LogP contribution in [-0.2, 0) is 7.05 Å². The second kappa shape index (κ2) is 6.90. The van der Waals surface area contributed by atoms with Crippen LogP contribution in [0.15, 0.2) is 28.4 Å². The van der Waals surface area contributed by atoms with Gasteiger partial charge in [-0.15, -0.1) is 21.5 Å². The number of hydrogen-bond donors (Lipinski definition) is 2. The Morgan fingerprint density at radius 2 is 2.07 bits per heavy atom. The Bertz CT molecular complexity index is 1040. The number of nitrogens with one attached hydrogen (secondary N) is 1. The van der Waals surface area contributed by atoms with Gasteiger partial charge in [-0.25, -0.2) is 4.39 Å². The van der Waals surface area contributed by atoms with Crippen LogP contribution in [0.4, 0.5) is 10.2 Å². The minimum atomic E-state index is -0.938. The fraction of sp³-hybridized carbons (Fsp3) is 0.389. The molecular weight excluding hydrogens is 369 g/mol. The van der Waals surface area contributed by atoms with E-state index in [1.807, 2.05) is 29.5 Å². The normalized spacial score (nSPS) is 20.9. The van der Waals surface area contributed by atoms with Crippen molar-refractivity contribution in [2.24, 2.45) is 7.05 Å². The summed E-state index contributed by atoms with van der Waals surface area (Å²) in [7, 11) is 3.43. The van der Waals surface area contributed by atoms with Crippen LogP contribution in [0.5, 0.6) is 5.75 Å². The number of likely N-dealkylation sites (N-methyl/N-ethyl adjacent to an activating group) is 1. The van der Waals surface area contributed by atoms with Crippen molar-refractivity contribution < 1.29 is 9.50 Å². The fourth-order valence-electron chi connectivity index (χ4n) is 3.54. The number of phenolic OH excluding ortho intramolecular Hbond substituents is 1. The van der Waals surface area contributed by atoms with Crippen LogP contribution in [0.1, 0.15) is 6.42 Å². The zero-order valence-corrected chi connectivity index (χ0v) is 15.8. The molecule has 1 aliphatic rings. The summed E-state index contributed by atoms with van der Waals surface area (Å²) in [5.41, 5.74) is 0.0780. The molecule has 27 heavy (non-hydrogen) atoms. The van der Waals surface area contributed by atoms with Crippen LogP contribution in [0.25, 0.3) is 21.5 Å². The van der Waals surface area contributed by atoms with Crippen LogP contribution in [0, 0.1) is 0 Å². The number of nitrogens with zero attached hydrogens (tertiary/aromatic N) is 4. The predicted molar refractivity (Wildman–Crippen MR) is 104 cm³/mol. The number of benzene rings is 1. The van der Waals surface area contributed by atoms with E-state index < -0.39 is 6.17 Å². The lowest BCUT2D eigenvalue weighted by atomic mass is 10.1. The van der Waals surface area contributed by atoms with Crippen LogP contribution in [-0.4, -0.2) is 57.1 Å². The highest BCUT2D eigenvalue weighted by Gasteiger charge is 2.26. The molecule has 142 valence electrons. The molecule has 3 aromatic rings. The summed E-state index contributed by atoms with van der Waals surface area (Å²) < 4.78 is 16.1. The van der Waals surface area contributed by atoms with Gasteiger partial charge in [0.15, 0.2) is 5.82 Å². The predicted octanol–water partition coefficient (Wildman–Crippen LogP) is 2.22. The maximum atomic E-state index is 13.8. The number of phenols is 1. The number of aromatic nitrogens is 3. The Hall–Kier alpha value is -2.52. The highest BCUT2D eigenvalue weighted by molar-refractivity contribution is 7.17. The molecule has 2 aromatic heterocycles. The first-order valence-electron chi connectivity index (χ1n) is 8.66. The van der Waals surface area contributed by atoms with Crippen molar-refractivity contribution in [2.75, 3.05) is 25.5 Å². The number of halogens is 1. The molecule has 2 N–H and O–H groups in total. The van der Waals surface area contributed by atoms with Crippen molar-refractivity contribution in [3.05, 3.63) is 33.9 Å². The number of fused-ring (bicyclic) bond motifs is 1. The van der Waals surface area contributed by atoms with Gasteiger partial charge in [0.1, 0.15) is 11.9 Å². The maximum absolute atomic E-state index is 13.8. The summed E-state index contributed by atoms with van der Waals surface area (Å²) in [6, 6.07) is 5.23. The van der Waals surface area contributed by atoms with E-state index in [1.165, 1.54) is 15.9 Å². The summed E-state index contributed by atoms with van der Waals surface area (Å²) >= 11 is 1.53. The molecule has 0 aliphatic carbocycles. The monoisotopic (exact) mass is 389 g/mol. The molecule has 3 heterocycles. The van der Waals surface area contributed by atoms with E-state index in [9.17, 15) is 14.3 Å². The van der Waals surface area contributed by atoms with Gasteiger partial charge in [0, 0.05) is 42.7 Å². The number of likely N-dealkylation sites (tertiary alicyclic amines) is 1. The second-order valence-corrected chi connectivity index (χ2v) is 7.87. The van der Waals surface area contributed by atoms with E-state index in [4.69, 9.17) is 0 Å². The molecule has 0 spiro atoms. The van der Waals surface area contributed by atoms with Crippen molar-refractivity contribution in [2.45, 2.75) is 18.6 Å². The minimum absolute atomic E-state index is 0.0768. The topological polar surface area (TPSA) is 83.3 Å². The largest absolute Gasteiger partial charge is 0.507 e. The van der Waals surface area contributed by atoms with Gasteiger partial charge in [-0.2, -0.15) is 0 Å². The molecule has 1 saturated heterocycles. The summed E-state index contributed by atoms with van der Waals surface area (Å²) in [6.45, 7) is 1.02. The highest BCUT2D eigenvalue weighted by atomic mass is 32.1. The SMILES string of the molecule is CN1C[C@H](F)C[C@@H](Nc2nnc(-c3ccc4sccc4c3O)n(C)c2=O)C1. The number of anilines is 1. The molecule has 0 bridgehead atoms. The second-order valence-electron chi connectivity index (χ2n) is 6.93. The van der Waals surface area contributed by atoms with Gasteiger partial charge in [0.05, 0.1) is 5.56 Å². The zero-order chi connectivity index (χ0) is 19.1. The molecule has 1 aromatic carbocycles. The van der Waals surface area contributed by atoms with Crippen LogP contribution in [0.2, 0.25) is 0 Å². The average Bonchev–Trinajstić information content (AvgIpc) is 3.09. The smallest absolute Gasteiger partial charge is 0.296 e. The molecule has 1 fully saturated rings. The van der Waals surface area contributed by atoms with E-state index >= 15 is 0 Å². The summed E-state index contributed by atoms with van der Waals surface area (Å²) in [5, 5.41) is 24.4. The molecule has 0 saturated carbocycles. The molecule has 1 aliphatic heterocycles. The number of alkyl halides is 1. The Kier molecular flexibility index (Phi) is 4.56. The Morgan fingerprint density at radius 1 is 1.26 bits per heavy atom. The molecule has 7 nitrogen and oxygen atoms in total. The van der Waals surface area contributed by atoms with E-state index in [0.717, 1.165) is 4.70 Å². The first kappa shape index (κ1) is 17.9. The summed E-state index contributed by atoms with van der Waals surface area (Å²) in [6.07, 6.45) is -0.612. The van der Waals surface area contributed by atoms with Crippen LogP contribution >= 0.6 is 11.3 Å². The highest BCUT2D eigenvalue weighted by Crippen LogP contribution is 2.36. The number of aromatic hydroxyl groups is 1. The number of piperidine rings is 1. The van der Waals surface area contributed by atoms with Gasteiger partial charge in [-0.1, -0.05) is 0 Å². The molecule has 9 heteroatoms. The van der Waals surface area contributed by atoms with Crippen LogP contribution < -0.4 is 10.9 Å². The van der Waals surface area contributed by atoms with Crippen LogP contribution in [0.3, 0.4) is 0 Å². The standard InChI is InChI=1S/C18H20FN5O2S/c1-23-8-10(19)7-11(9-23)20-16-18(26)24(2)17(22-21-16)13-3-4-14-12(15(13)25)5-6-27-14/h3-6,10-11,25H,7-9H2,1-2H3,(H,20,21)/t10-,11-/m1/s1. The van der Waals surface area contributed by atoms with Gasteiger partial charge in [-0.3, -0.25) is 9.36 Å². The van der Waals surface area contributed by atoms with Gasteiger partial charge in [0.25, 0.3) is 5.56 Å². The maximum Gasteiger partial charge on any atom is 0.296 e. The lowest BCUT2D eigenvalue weighted by Gasteiger charge is -2.32. The van der Waals surface area contributed by atoms with E-state index in [0.29, 0.717) is 30.5 Å². The van der Waals surface area contributed by atoms with Gasteiger partial charge >= 0.3 is 0 Å². The zero-order valence-electron chi connectivity index (χ0n) is 15.0. The Morgan fingerprint density at radius 3 is 2.85 bits per heavy atom. The first-order chi connectivity index (χ1) is 12.9.